The Hall–Kier alpha value is -2.15. The molecule has 1 aromatic rings. The molecule has 0 radical (unpaired) electrons. The molecule has 0 aliphatic rings. The number of nitro benzene ring substituents is 1. The summed E-state index contributed by atoms with van der Waals surface area (Å²) in [6, 6.07) is 3.95. The first-order chi connectivity index (χ1) is 8.76. The third kappa shape index (κ3) is 3.92. The summed E-state index contributed by atoms with van der Waals surface area (Å²) in [5.74, 6) is -0.412. The number of anilines is 1. The number of ether oxygens (including phenoxy) is 1. The van der Waals surface area contributed by atoms with Crippen molar-refractivity contribution in [3.63, 3.8) is 0 Å². The zero-order valence-corrected chi connectivity index (χ0v) is 11.1. The van der Waals surface area contributed by atoms with Crippen LogP contribution in [0.1, 0.15) is 24.2 Å². The van der Waals surface area contributed by atoms with Crippen LogP contribution in [0.3, 0.4) is 0 Å². The van der Waals surface area contributed by atoms with E-state index >= 15 is 0 Å². The molecular weight excluding hydrogens is 250 g/mol. The Balaban J connectivity index is 2.95. The van der Waals surface area contributed by atoms with E-state index in [1.54, 1.807) is 13.8 Å². The molecule has 7 nitrogen and oxygen atoms in total. The zero-order chi connectivity index (χ0) is 14.6. The Kier molecular flexibility index (Phi) is 4.44. The summed E-state index contributed by atoms with van der Waals surface area (Å²) in [6.07, 6.45) is 0. The van der Waals surface area contributed by atoms with Crippen LogP contribution in [0.5, 0.6) is 0 Å². The second-order valence-corrected chi connectivity index (χ2v) is 4.80. The van der Waals surface area contributed by atoms with E-state index in [9.17, 15) is 14.9 Å². The van der Waals surface area contributed by atoms with Gasteiger partial charge in [-0.05, 0) is 26.0 Å². The van der Waals surface area contributed by atoms with Gasteiger partial charge in [-0.25, -0.2) is 0 Å². The predicted molar refractivity (Wildman–Crippen MR) is 70.9 cm³/mol. The molecule has 0 heterocycles. The summed E-state index contributed by atoms with van der Waals surface area (Å²) >= 11 is 0. The van der Waals surface area contributed by atoms with Gasteiger partial charge in [-0.1, -0.05) is 0 Å². The standard InChI is InChI=1S/C12H17N3O4/c1-12(2,7-19-3)14-11(16)8-4-5-9(13)10(6-8)15(17)18/h4-6H,7,13H2,1-3H3,(H,14,16). The number of nitrogens with one attached hydrogen (secondary N) is 1. The van der Waals surface area contributed by atoms with Gasteiger partial charge in [0, 0.05) is 18.7 Å². The van der Waals surface area contributed by atoms with Crippen molar-refractivity contribution in [3.05, 3.63) is 33.9 Å². The van der Waals surface area contributed by atoms with E-state index in [1.165, 1.54) is 19.2 Å². The summed E-state index contributed by atoms with van der Waals surface area (Å²) in [6.45, 7) is 3.91. The molecule has 3 N–H and O–H groups in total. The van der Waals surface area contributed by atoms with Crippen LogP contribution >= 0.6 is 0 Å². The average Bonchev–Trinajstić information content (AvgIpc) is 2.28. The van der Waals surface area contributed by atoms with Crippen molar-refractivity contribution in [2.24, 2.45) is 0 Å². The number of methoxy groups -OCH3 is 1. The molecule has 0 unspecified atom stereocenters. The molecule has 0 fully saturated rings. The highest BCUT2D eigenvalue weighted by atomic mass is 16.6. The molecule has 0 saturated heterocycles. The van der Waals surface area contributed by atoms with Gasteiger partial charge in [0.15, 0.2) is 0 Å². The molecule has 0 bridgehead atoms. The van der Waals surface area contributed by atoms with Gasteiger partial charge in [-0.2, -0.15) is 0 Å². The number of nitrogen functional groups attached to an aromatic ring is 1. The van der Waals surface area contributed by atoms with Crippen LogP contribution in [0, 0.1) is 10.1 Å². The third-order valence-electron chi connectivity index (χ3n) is 2.45. The second-order valence-electron chi connectivity index (χ2n) is 4.80. The Bertz CT molecular complexity index is 500. The van der Waals surface area contributed by atoms with Crippen molar-refractivity contribution >= 4 is 17.3 Å². The highest BCUT2D eigenvalue weighted by Gasteiger charge is 2.22. The number of nitrogens with zero attached hydrogens (tertiary/aromatic N) is 1. The lowest BCUT2D eigenvalue weighted by Crippen LogP contribution is -2.46. The van der Waals surface area contributed by atoms with Gasteiger partial charge in [0.1, 0.15) is 5.69 Å². The molecule has 0 aliphatic carbocycles. The average molecular weight is 267 g/mol. The smallest absolute Gasteiger partial charge is 0.292 e. The van der Waals surface area contributed by atoms with Crippen LogP contribution in [0.4, 0.5) is 11.4 Å². The minimum absolute atomic E-state index is 0.0256. The number of carbonyl (C=O) groups excluding carboxylic acids is 1. The Morgan fingerprint density at radius 1 is 1.53 bits per heavy atom. The zero-order valence-electron chi connectivity index (χ0n) is 11.1. The highest BCUT2D eigenvalue weighted by molar-refractivity contribution is 5.96. The van der Waals surface area contributed by atoms with Crippen molar-refractivity contribution in [1.82, 2.24) is 5.32 Å². The van der Waals surface area contributed by atoms with Gasteiger partial charge in [-0.3, -0.25) is 14.9 Å². The van der Waals surface area contributed by atoms with Gasteiger partial charge in [-0.15, -0.1) is 0 Å². The van der Waals surface area contributed by atoms with E-state index in [2.05, 4.69) is 5.32 Å². The molecule has 104 valence electrons. The predicted octanol–water partition coefficient (Wildman–Crippen LogP) is 1.33. The van der Waals surface area contributed by atoms with E-state index in [4.69, 9.17) is 10.5 Å². The van der Waals surface area contributed by atoms with E-state index in [0.717, 1.165) is 6.07 Å². The first kappa shape index (κ1) is 14.9. The summed E-state index contributed by atoms with van der Waals surface area (Å²) in [7, 11) is 1.53. The maximum Gasteiger partial charge on any atom is 0.292 e. The SMILES string of the molecule is COCC(C)(C)NC(=O)c1ccc(N)c([N+](=O)[O-])c1. The van der Waals surface area contributed by atoms with E-state index in [0.29, 0.717) is 6.61 Å². The fourth-order valence-electron chi connectivity index (χ4n) is 1.62. The summed E-state index contributed by atoms with van der Waals surface area (Å²) < 4.78 is 4.98. The number of carbonyl (C=O) groups is 1. The lowest BCUT2D eigenvalue weighted by Gasteiger charge is -2.25. The molecule has 1 rings (SSSR count). The molecule has 19 heavy (non-hydrogen) atoms. The third-order valence-corrected chi connectivity index (χ3v) is 2.45. The largest absolute Gasteiger partial charge is 0.393 e. The first-order valence-electron chi connectivity index (χ1n) is 5.62. The molecule has 0 spiro atoms. The maximum atomic E-state index is 12.0. The number of hydrogen-bond donors (Lipinski definition) is 2. The normalized spacial score (nSPS) is 11.1. The first-order valence-corrected chi connectivity index (χ1v) is 5.62. The van der Waals surface area contributed by atoms with E-state index < -0.39 is 16.4 Å². The molecule has 1 amide bonds. The van der Waals surface area contributed by atoms with Crippen LogP contribution in [-0.4, -0.2) is 30.1 Å². The highest BCUT2D eigenvalue weighted by Crippen LogP contribution is 2.22. The van der Waals surface area contributed by atoms with Crippen molar-refractivity contribution < 1.29 is 14.5 Å². The molecule has 0 aromatic heterocycles. The fraction of sp³-hybridized carbons (Fsp3) is 0.417. The maximum absolute atomic E-state index is 12.0. The van der Waals surface area contributed by atoms with Crippen LogP contribution in [0.2, 0.25) is 0 Å². The van der Waals surface area contributed by atoms with Crippen molar-refractivity contribution in [3.8, 4) is 0 Å². The Labute approximate surface area is 110 Å². The van der Waals surface area contributed by atoms with Gasteiger partial charge in [0.05, 0.1) is 17.1 Å². The number of hydrogen-bond acceptors (Lipinski definition) is 5. The number of nitrogens with two attached hydrogens (primary N) is 1. The molecule has 0 aliphatic heterocycles. The summed E-state index contributed by atoms with van der Waals surface area (Å²) in [5, 5.41) is 13.5. The van der Waals surface area contributed by atoms with Crippen molar-refractivity contribution in [1.29, 1.82) is 0 Å². The number of rotatable bonds is 5. The van der Waals surface area contributed by atoms with Crippen molar-refractivity contribution in [2.45, 2.75) is 19.4 Å². The van der Waals surface area contributed by atoms with Crippen LogP contribution in [0.15, 0.2) is 18.2 Å². The molecule has 1 aromatic carbocycles. The quantitative estimate of drug-likeness (QED) is 0.475. The molecular formula is C12H17N3O4. The van der Waals surface area contributed by atoms with Crippen molar-refractivity contribution in [2.75, 3.05) is 19.5 Å². The molecule has 0 atom stereocenters. The van der Waals surface area contributed by atoms with Crippen LogP contribution < -0.4 is 11.1 Å². The summed E-state index contributed by atoms with van der Waals surface area (Å²) in [4.78, 5) is 22.1. The Morgan fingerprint density at radius 3 is 2.68 bits per heavy atom. The lowest BCUT2D eigenvalue weighted by molar-refractivity contribution is -0.383. The number of amides is 1. The van der Waals surface area contributed by atoms with E-state index in [1.807, 2.05) is 0 Å². The van der Waals surface area contributed by atoms with Gasteiger partial charge < -0.3 is 15.8 Å². The van der Waals surface area contributed by atoms with Crippen LogP contribution in [-0.2, 0) is 4.74 Å². The van der Waals surface area contributed by atoms with Crippen LogP contribution in [0.25, 0.3) is 0 Å². The van der Waals surface area contributed by atoms with E-state index in [-0.39, 0.29) is 16.9 Å². The molecule has 7 heteroatoms. The summed E-state index contributed by atoms with van der Waals surface area (Å²) in [5.41, 5.74) is 4.84. The topological polar surface area (TPSA) is 107 Å². The minimum Gasteiger partial charge on any atom is -0.393 e. The second kappa shape index (κ2) is 5.66. The fourth-order valence-corrected chi connectivity index (χ4v) is 1.62. The molecule has 0 saturated carbocycles. The monoisotopic (exact) mass is 267 g/mol. The Morgan fingerprint density at radius 2 is 2.16 bits per heavy atom. The number of nitro groups is 1. The minimum atomic E-state index is -0.619. The van der Waals surface area contributed by atoms with Gasteiger partial charge in [0.2, 0.25) is 0 Å². The van der Waals surface area contributed by atoms with Gasteiger partial charge in [0.25, 0.3) is 11.6 Å². The number of benzene rings is 1. The lowest BCUT2D eigenvalue weighted by atomic mass is 10.1. The van der Waals surface area contributed by atoms with Gasteiger partial charge >= 0.3 is 0 Å².